The van der Waals surface area contributed by atoms with Gasteiger partial charge in [0.05, 0.1) is 12.7 Å². The number of sulfonamides is 1. The summed E-state index contributed by atoms with van der Waals surface area (Å²) in [5.41, 5.74) is 2.59. The fraction of sp³-hybridized carbons (Fsp3) is 0.364. The van der Waals surface area contributed by atoms with Gasteiger partial charge in [-0.15, -0.1) is 0 Å². The Labute approximate surface area is 183 Å². The zero-order valence-electron chi connectivity index (χ0n) is 18.4. The van der Waals surface area contributed by atoms with Crippen molar-refractivity contribution in [1.82, 2.24) is 4.31 Å². The van der Waals surface area contributed by atoms with Gasteiger partial charge in [-0.25, -0.2) is 13.2 Å². The molecule has 2 aromatic rings. The van der Waals surface area contributed by atoms with Gasteiger partial charge in [0.1, 0.15) is 10.6 Å². The number of anilines is 1. The molecular formula is C22H28N2O6S. The lowest BCUT2D eigenvalue weighted by atomic mass is 10.1. The monoisotopic (exact) mass is 448 g/mol. The largest absolute Gasteiger partial charge is 0.495 e. The van der Waals surface area contributed by atoms with Crippen LogP contribution in [0.3, 0.4) is 0 Å². The molecule has 1 amide bonds. The van der Waals surface area contributed by atoms with Crippen molar-refractivity contribution >= 4 is 27.6 Å². The highest BCUT2D eigenvalue weighted by atomic mass is 32.2. The molecule has 0 spiro atoms. The number of benzene rings is 2. The van der Waals surface area contributed by atoms with Crippen molar-refractivity contribution in [2.24, 2.45) is 0 Å². The van der Waals surface area contributed by atoms with Crippen LogP contribution in [0, 0.1) is 13.8 Å². The molecule has 9 heteroatoms. The summed E-state index contributed by atoms with van der Waals surface area (Å²) in [5.74, 6) is -1.18. The van der Waals surface area contributed by atoms with E-state index in [2.05, 4.69) is 5.32 Å². The second-order valence-corrected chi connectivity index (χ2v) is 8.73. The van der Waals surface area contributed by atoms with Crippen molar-refractivity contribution < 1.29 is 27.5 Å². The van der Waals surface area contributed by atoms with E-state index in [1.165, 1.54) is 29.6 Å². The summed E-state index contributed by atoms with van der Waals surface area (Å²) >= 11 is 0. The van der Waals surface area contributed by atoms with Gasteiger partial charge in [0, 0.05) is 18.8 Å². The van der Waals surface area contributed by atoms with Crippen LogP contribution in [-0.2, 0) is 19.6 Å². The van der Waals surface area contributed by atoms with Gasteiger partial charge in [0.25, 0.3) is 5.91 Å². The molecule has 1 N–H and O–H groups in total. The first-order valence-corrected chi connectivity index (χ1v) is 11.3. The summed E-state index contributed by atoms with van der Waals surface area (Å²) in [4.78, 5) is 24.5. The van der Waals surface area contributed by atoms with Gasteiger partial charge in [0.2, 0.25) is 10.0 Å². The number of carbonyl (C=O) groups is 2. The predicted molar refractivity (Wildman–Crippen MR) is 118 cm³/mol. The van der Waals surface area contributed by atoms with Crippen LogP contribution >= 0.6 is 0 Å². The molecule has 8 nitrogen and oxygen atoms in total. The number of carbonyl (C=O) groups excluding carboxylic acids is 2. The number of hydrogen-bond acceptors (Lipinski definition) is 6. The van der Waals surface area contributed by atoms with Crippen molar-refractivity contribution in [1.29, 1.82) is 0 Å². The van der Waals surface area contributed by atoms with Crippen LogP contribution < -0.4 is 10.1 Å². The van der Waals surface area contributed by atoms with E-state index < -0.39 is 28.5 Å². The smallest absolute Gasteiger partial charge is 0.338 e. The topological polar surface area (TPSA) is 102 Å². The molecule has 0 unspecified atom stereocenters. The van der Waals surface area contributed by atoms with E-state index >= 15 is 0 Å². The predicted octanol–water partition coefficient (Wildman–Crippen LogP) is 3.14. The summed E-state index contributed by atoms with van der Waals surface area (Å²) in [6, 6.07) is 9.50. The minimum Gasteiger partial charge on any atom is -0.495 e. The van der Waals surface area contributed by atoms with Crippen LogP contribution in [-0.4, -0.2) is 51.4 Å². The maximum absolute atomic E-state index is 12.9. The van der Waals surface area contributed by atoms with Crippen LogP contribution in [0.15, 0.2) is 41.3 Å². The molecule has 0 aliphatic carbocycles. The molecule has 0 fully saturated rings. The van der Waals surface area contributed by atoms with Gasteiger partial charge < -0.3 is 14.8 Å². The van der Waals surface area contributed by atoms with E-state index in [4.69, 9.17) is 9.47 Å². The van der Waals surface area contributed by atoms with Crippen molar-refractivity contribution in [3.8, 4) is 5.75 Å². The van der Waals surface area contributed by atoms with Gasteiger partial charge in [0.15, 0.2) is 6.61 Å². The van der Waals surface area contributed by atoms with Gasteiger partial charge in [-0.05, 0) is 49.2 Å². The zero-order valence-corrected chi connectivity index (χ0v) is 19.2. The number of hydrogen-bond donors (Lipinski definition) is 1. The number of nitrogens with zero attached hydrogens (tertiary/aromatic N) is 1. The highest BCUT2D eigenvalue weighted by Gasteiger charge is 2.27. The SMILES string of the molecule is CCN(CC)S(=O)(=O)c1cc(C(=O)OCC(=O)Nc2cccc(C)c2C)ccc1OC. The van der Waals surface area contributed by atoms with Crippen LogP contribution in [0.4, 0.5) is 5.69 Å². The number of methoxy groups -OCH3 is 1. The van der Waals surface area contributed by atoms with Crippen LogP contribution in [0.25, 0.3) is 0 Å². The number of rotatable bonds is 9. The fourth-order valence-corrected chi connectivity index (χ4v) is 4.63. The Morgan fingerprint density at radius 1 is 1.06 bits per heavy atom. The summed E-state index contributed by atoms with van der Waals surface area (Å²) in [7, 11) is -2.51. The molecule has 0 saturated heterocycles. The molecule has 0 bridgehead atoms. The van der Waals surface area contributed by atoms with E-state index in [-0.39, 0.29) is 29.3 Å². The van der Waals surface area contributed by atoms with Crippen molar-refractivity contribution in [3.05, 3.63) is 53.1 Å². The maximum Gasteiger partial charge on any atom is 0.338 e. The number of esters is 1. The Hall–Kier alpha value is -2.91. The molecular weight excluding hydrogens is 420 g/mol. The van der Waals surface area contributed by atoms with Crippen molar-refractivity contribution in [2.45, 2.75) is 32.6 Å². The Bertz CT molecular complexity index is 1060. The highest BCUT2D eigenvalue weighted by molar-refractivity contribution is 7.89. The van der Waals surface area contributed by atoms with E-state index in [9.17, 15) is 18.0 Å². The van der Waals surface area contributed by atoms with Crippen LogP contribution in [0.5, 0.6) is 5.75 Å². The van der Waals surface area contributed by atoms with Gasteiger partial charge in [-0.3, -0.25) is 4.79 Å². The third kappa shape index (κ3) is 5.62. The summed E-state index contributed by atoms with van der Waals surface area (Å²) < 4.78 is 37.3. The van der Waals surface area contributed by atoms with E-state index in [1.54, 1.807) is 19.9 Å². The summed E-state index contributed by atoms with van der Waals surface area (Å²) in [6.45, 7) is 7.30. The van der Waals surface area contributed by atoms with E-state index in [0.29, 0.717) is 5.69 Å². The molecule has 2 aromatic carbocycles. The number of aryl methyl sites for hydroxylation is 1. The molecule has 0 aliphatic rings. The number of ether oxygens (including phenoxy) is 2. The molecule has 0 radical (unpaired) electrons. The average molecular weight is 449 g/mol. The molecule has 0 aromatic heterocycles. The molecule has 2 rings (SSSR count). The quantitative estimate of drug-likeness (QED) is 0.592. The highest BCUT2D eigenvalue weighted by Crippen LogP contribution is 2.28. The lowest BCUT2D eigenvalue weighted by Gasteiger charge is -2.20. The second kappa shape index (κ2) is 10.4. The standard InChI is InChI=1S/C22H28N2O6S/c1-6-24(7-2)31(27,28)20-13-17(11-12-19(20)29-5)22(26)30-14-21(25)23-18-10-8-9-15(3)16(18)4/h8-13H,6-7,14H2,1-5H3,(H,23,25). The minimum absolute atomic E-state index is 0.00562. The van der Waals surface area contributed by atoms with Gasteiger partial charge >= 0.3 is 5.97 Å². The fourth-order valence-electron chi connectivity index (χ4n) is 3.00. The van der Waals surface area contributed by atoms with Crippen molar-refractivity contribution in [2.75, 3.05) is 32.1 Å². The number of nitrogens with one attached hydrogen (secondary N) is 1. The Balaban J connectivity index is 2.17. The molecule has 168 valence electrons. The van der Waals surface area contributed by atoms with Crippen molar-refractivity contribution in [3.63, 3.8) is 0 Å². The van der Waals surface area contributed by atoms with Crippen LogP contribution in [0.1, 0.15) is 35.3 Å². The van der Waals surface area contributed by atoms with Gasteiger partial charge in [-0.2, -0.15) is 4.31 Å². The van der Waals surface area contributed by atoms with Crippen LogP contribution in [0.2, 0.25) is 0 Å². The molecule has 0 saturated carbocycles. The molecule has 0 aliphatic heterocycles. The average Bonchev–Trinajstić information content (AvgIpc) is 2.75. The normalized spacial score (nSPS) is 11.3. The lowest BCUT2D eigenvalue weighted by Crippen LogP contribution is -2.31. The second-order valence-electron chi connectivity index (χ2n) is 6.83. The minimum atomic E-state index is -3.86. The molecule has 31 heavy (non-hydrogen) atoms. The zero-order chi connectivity index (χ0) is 23.2. The summed E-state index contributed by atoms with van der Waals surface area (Å²) in [6.07, 6.45) is 0. The Kier molecular flexibility index (Phi) is 8.18. The molecule has 0 heterocycles. The lowest BCUT2D eigenvalue weighted by molar-refractivity contribution is -0.119. The Morgan fingerprint density at radius 3 is 2.35 bits per heavy atom. The third-order valence-corrected chi connectivity index (χ3v) is 7.01. The maximum atomic E-state index is 12.9. The molecule has 0 atom stereocenters. The van der Waals surface area contributed by atoms with E-state index in [1.807, 2.05) is 26.0 Å². The first-order chi connectivity index (χ1) is 14.6. The van der Waals surface area contributed by atoms with Gasteiger partial charge in [-0.1, -0.05) is 26.0 Å². The third-order valence-electron chi connectivity index (χ3n) is 4.94. The first kappa shape index (κ1) is 24.4. The Morgan fingerprint density at radius 2 is 1.74 bits per heavy atom. The van der Waals surface area contributed by atoms with E-state index in [0.717, 1.165) is 11.1 Å². The summed E-state index contributed by atoms with van der Waals surface area (Å²) in [5, 5.41) is 2.70. The first-order valence-electron chi connectivity index (χ1n) is 9.87. The number of amides is 1.